The van der Waals surface area contributed by atoms with Gasteiger partial charge in [0, 0.05) is 13.0 Å². The van der Waals surface area contributed by atoms with Gasteiger partial charge in [0.1, 0.15) is 11.2 Å². The molecule has 0 aliphatic heterocycles. The molecule has 0 saturated heterocycles. The Labute approximate surface area is 187 Å². The van der Waals surface area contributed by atoms with Crippen LogP contribution in [0, 0.1) is 18.3 Å². The summed E-state index contributed by atoms with van der Waals surface area (Å²) in [5.74, 6) is 0.226. The first kappa shape index (κ1) is 23.6. The van der Waals surface area contributed by atoms with Crippen molar-refractivity contribution in [3.8, 4) is 6.07 Å². The molecular weight excluding hydrogens is 430 g/mol. The molecule has 2 aromatic heterocycles. The quantitative estimate of drug-likeness (QED) is 0.458. The number of hydrogen-bond donors (Lipinski definition) is 0. The fraction of sp³-hybridized carbons (Fsp3) is 0.455. The third kappa shape index (κ3) is 4.74. The standard InChI is InChI=1S/C22H27N5O4S/c1-4-14-32(29,30)27(13-9-12-23)18(5-2)20-24-21-19(16(3)25-31-21)22(28)26(20)15-17-10-7-6-8-11-17/h6-8,10-11,18H,4-5,9,13-15H2,1-3H3. The predicted molar refractivity (Wildman–Crippen MR) is 120 cm³/mol. The normalized spacial score (nSPS) is 12.8. The monoisotopic (exact) mass is 457 g/mol. The summed E-state index contributed by atoms with van der Waals surface area (Å²) in [5.41, 5.74) is 1.05. The zero-order valence-corrected chi connectivity index (χ0v) is 19.3. The molecule has 3 aromatic rings. The van der Waals surface area contributed by atoms with Crippen molar-refractivity contribution in [1.82, 2.24) is 19.0 Å². The summed E-state index contributed by atoms with van der Waals surface area (Å²) in [4.78, 5) is 18.0. The molecular formula is C22H27N5O4S. The first-order chi connectivity index (χ1) is 15.3. The first-order valence-corrected chi connectivity index (χ1v) is 12.2. The number of nitriles is 1. The molecule has 0 N–H and O–H groups in total. The molecule has 170 valence electrons. The van der Waals surface area contributed by atoms with E-state index < -0.39 is 16.1 Å². The van der Waals surface area contributed by atoms with Crippen molar-refractivity contribution < 1.29 is 12.9 Å². The van der Waals surface area contributed by atoms with Gasteiger partial charge in [0.25, 0.3) is 11.3 Å². The Morgan fingerprint density at radius 2 is 1.97 bits per heavy atom. The molecule has 32 heavy (non-hydrogen) atoms. The number of aryl methyl sites for hydroxylation is 1. The van der Waals surface area contributed by atoms with Crippen LogP contribution in [0.4, 0.5) is 0 Å². The van der Waals surface area contributed by atoms with Crippen LogP contribution < -0.4 is 5.56 Å². The van der Waals surface area contributed by atoms with Crippen LogP contribution in [0.25, 0.3) is 11.1 Å². The van der Waals surface area contributed by atoms with Gasteiger partial charge in [-0.3, -0.25) is 9.36 Å². The van der Waals surface area contributed by atoms with E-state index in [4.69, 9.17) is 9.78 Å². The van der Waals surface area contributed by atoms with E-state index in [1.807, 2.05) is 43.3 Å². The Morgan fingerprint density at radius 3 is 2.59 bits per heavy atom. The number of hydrogen-bond acceptors (Lipinski definition) is 7. The summed E-state index contributed by atoms with van der Waals surface area (Å²) >= 11 is 0. The molecule has 1 aromatic carbocycles. The molecule has 1 unspecified atom stereocenters. The second kappa shape index (κ2) is 10.1. The van der Waals surface area contributed by atoms with Gasteiger partial charge in [0.2, 0.25) is 10.0 Å². The van der Waals surface area contributed by atoms with Crippen LogP contribution in [0.2, 0.25) is 0 Å². The topological polar surface area (TPSA) is 122 Å². The summed E-state index contributed by atoms with van der Waals surface area (Å²) < 4.78 is 34.3. The Morgan fingerprint density at radius 1 is 1.25 bits per heavy atom. The summed E-state index contributed by atoms with van der Waals surface area (Å²) in [6, 6.07) is 10.7. The van der Waals surface area contributed by atoms with E-state index in [2.05, 4.69) is 10.1 Å². The van der Waals surface area contributed by atoms with Crippen molar-refractivity contribution >= 4 is 21.1 Å². The van der Waals surface area contributed by atoms with E-state index in [0.29, 0.717) is 18.5 Å². The number of benzene rings is 1. The number of rotatable bonds is 10. The highest BCUT2D eigenvalue weighted by atomic mass is 32.2. The van der Waals surface area contributed by atoms with E-state index in [9.17, 15) is 13.2 Å². The van der Waals surface area contributed by atoms with E-state index in [-0.39, 0.29) is 47.7 Å². The highest BCUT2D eigenvalue weighted by Gasteiger charge is 2.33. The summed E-state index contributed by atoms with van der Waals surface area (Å²) in [5, 5.41) is 13.3. The molecule has 0 spiro atoms. The average molecular weight is 458 g/mol. The van der Waals surface area contributed by atoms with E-state index in [0.717, 1.165) is 5.56 Å². The van der Waals surface area contributed by atoms with Gasteiger partial charge in [-0.1, -0.05) is 49.3 Å². The molecule has 3 rings (SSSR count). The predicted octanol–water partition coefficient (Wildman–Crippen LogP) is 3.15. The van der Waals surface area contributed by atoms with Crippen molar-refractivity contribution in [2.75, 3.05) is 12.3 Å². The highest BCUT2D eigenvalue weighted by Crippen LogP contribution is 2.28. The molecule has 0 amide bonds. The minimum atomic E-state index is -3.67. The lowest BCUT2D eigenvalue weighted by Crippen LogP contribution is -2.40. The lowest BCUT2D eigenvalue weighted by molar-refractivity contribution is 0.299. The molecule has 0 aliphatic rings. The maximum atomic E-state index is 13.5. The zero-order chi connectivity index (χ0) is 23.3. The maximum Gasteiger partial charge on any atom is 0.267 e. The van der Waals surface area contributed by atoms with Gasteiger partial charge < -0.3 is 4.52 Å². The van der Waals surface area contributed by atoms with Crippen LogP contribution in [0.15, 0.2) is 39.6 Å². The van der Waals surface area contributed by atoms with Crippen molar-refractivity contribution in [3.05, 3.63) is 57.8 Å². The van der Waals surface area contributed by atoms with Gasteiger partial charge in [-0.2, -0.15) is 14.6 Å². The molecule has 1 atom stereocenters. The minimum absolute atomic E-state index is 0.0199. The third-order valence-electron chi connectivity index (χ3n) is 5.28. The van der Waals surface area contributed by atoms with E-state index in [1.54, 1.807) is 13.8 Å². The van der Waals surface area contributed by atoms with Gasteiger partial charge in [-0.25, -0.2) is 8.42 Å². The number of aromatic nitrogens is 3. The Bertz CT molecular complexity index is 1280. The zero-order valence-electron chi connectivity index (χ0n) is 18.5. The third-order valence-corrected chi connectivity index (χ3v) is 7.35. The van der Waals surface area contributed by atoms with Crippen molar-refractivity contribution in [2.24, 2.45) is 0 Å². The Balaban J connectivity index is 2.24. The molecule has 0 bridgehead atoms. The highest BCUT2D eigenvalue weighted by molar-refractivity contribution is 7.89. The van der Waals surface area contributed by atoms with Crippen molar-refractivity contribution in [3.63, 3.8) is 0 Å². The first-order valence-electron chi connectivity index (χ1n) is 10.6. The van der Waals surface area contributed by atoms with Gasteiger partial charge in [0.15, 0.2) is 0 Å². The van der Waals surface area contributed by atoms with Crippen LogP contribution in [0.1, 0.15) is 56.2 Å². The molecule has 0 fully saturated rings. The molecule has 0 saturated carbocycles. The van der Waals surface area contributed by atoms with Crippen LogP contribution in [0.5, 0.6) is 0 Å². The Hall–Kier alpha value is -3.03. The largest absolute Gasteiger partial charge is 0.335 e. The molecule has 0 aliphatic carbocycles. The van der Waals surface area contributed by atoms with Crippen LogP contribution >= 0.6 is 0 Å². The summed E-state index contributed by atoms with van der Waals surface area (Å²) in [7, 11) is -3.67. The van der Waals surface area contributed by atoms with Gasteiger partial charge in [-0.15, -0.1) is 0 Å². The van der Waals surface area contributed by atoms with Crippen LogP contribution in [-0.2, 0) is 16.6 Å². The second-order valence-corrected chi connectivity index (χ2v) is 9.60. The minimum Gasteiger partial charge on any atom is -0.335 e. The number of fused-ring (bicyclic) bond motifs is 1. The molecule has 0 radical (unpaired) electrons. The second-order valence-electron chi connectivity index (χ2n) is 7.55. The average Bonchev–Trinajstić information content (AvgIpc) is 3.14. The van der Waals surface area contributed by atoms with Gasteiger partial charge in [0.05, 0.1) is 30.1 Å². The van der Waals surface area contributed by atoms with E-state index >= 15 is 0 Å². The van der Waals surface area contributed by atoms with E-state index in [1.165, 1.54) is 8.87 Å². The van der Waals surface area contributed by atoms with Crippen molar-refractivity contribution in [1.29, 1.82) is 5.26 Å². The molecule has 2 heterocycles. The number of sulfonamides is 1. The lowest BCUT2D eigenvalue weighted by Gasteiger charge is -2.30. The smallest absolute Gasteiger partial charge is 0.267 e. The van der Waals surface area contributed by atoms with Gasteiger partial charge >= 0.3 is 0 Å². The lowest BCUT2D eigenvalue weighted by atomic mass is 10.1. The fourth-order valence-electron chi connectivity index (χ4n) is 3.80. The molecule has 10 heteroatoms. The van der Waals surface area contributed by atoms with Crippen molar-refractivity contribution in [2.45, 2.75) is 52.6 Å². The maximum absolute atomic E-state index is 13.5. The summed E-state index contributed by atoms with van der Waals surface area (Å²) in [6.45, 7) is 5.53. The van der Waals surface area contributed by atoms with Crippen LogP contribution in [0.3, 0.4) is 0 Å². The molecule has 9 nitrogen and oxygen atoms in total. The van der Waals surface area contributed by atoms with Gasteiger partial charge in [-0.05, 0) is 25.3 Å². The summed E-state index contributed by atoms with van der Waals surface area (Å²) in [6.07, 6.45) is 0.840. The Kier molecular flexibility index (Phi) is 7.43. The SMILES string of the molecule is CCCS(=O)(=O)N(CCC#N)C(CC)c1nc2onc(C)c2c(=O)n1Cc1ccccc1. The fourth-order valence-corrected chi connectivity index (χ4v) is 5.55. The van der Waals surface area contributed by atoms with Crippen LogP contribution in [-0.4, -0.2) is 39.7 Å². The number of nitrogens with zero attached hydrogens (tertiary/aromatic N) is 5.